The fraction of sp³-hybridized carbons (Fsp3) is 0.385. The van der Waals surface area contributed by atoms with Crippen LogP contribution in [0.15, 0.2) is 34.9 Å². The number of hydrogen-bond acceptors (Lipinski definition) is 8. The Kier molecular flexibility index (Phi) is 5.04. The first-order valence-corrected chi connectivity index (χ1v) is 12.5. The number of fused-ring (bicyclic) bond motifs is 3. The Hall–Kier alpha value is -4.08. The number of aromatic amines is 1. The van der Waals surface area contributed by atoms with Crippen LogP contribution in [0.4, 0.5) is 5.82 Å². The summed E-state index contributed by atoms with van der Waals surface area (Å²) in [7, 11) is 0. The molecule has 0 unspecified atom stereocenters. The average molecular weight is 483 g/mol. The molecule has 2 N–H and O–H groups in total. The van der Waals surface area contributed by atoms with Crippen molar-refractivity contribution in [1.82, 2.24) is 35.5 Å². The molecule has 182 valence electrons. The maximum Gasteiger partial charge on any atom is 0.249 e. The van der Waals surface area contributed by atoms with Crippen molar-refractivity contribution in [3.63, 3.8) is 0 Å². The summed E-state index contributed by atoms with van der Waals surface area (Å²) in [6, 6.07) is 9.00. The molecule has 3 aromatic heterocycles. The molecule has 4 heterocycles. The minimum atomic E-state index is -0.0562. The zero-order valence-corrected chi connectivity index (χ0v) is 19.8. The van der Waals surface area contributed by atoms with Gasteiger partial charge in [0.15, 0.2) is 0 Å². The highest BCUT2D eigenvalue weighted by Gasteiger charge is 2.28. The number of carbonyl (C=O) groups is 1. The molecule has 3 aliphatic rings. The SMILES string of the molecule is O=C(Cc1nnc(-c2cnc(NC3Cc4ccccc4C3)c3c2CCC3)o1)N1CCc2n[nH]nc2C1. The minimum absolute atomic E-state index is 0.0562. The smallest absolute Gasteiger partial charge is 0.249 e. The molecule has 4 aromatic rings. The first-order valence-electron chi connectivity index (χ1n) is 12.5. The summed E-state index contributed by atoms with van der Waals surface area (Å²) in [5.41, 5.74) is 7.92. The van der Waals surface area contributed by atoms with Gasteiger partial charge < -0.3 is 14.6 Å². The zero-order chi connectivity index (χ0) is 24.1. The Morgan fingerprint density at radius 3 is 2.72 bits per heavy atom. The number of nitrogens with one attached hydrogen (secondary N) is 2. The predicted molar refractivity (Wildman–Crippen MR) is 130 cm³/mol. The summed E-state index contributed by atoms with van der Waals surface area (Å²) in [4.78, 5) is 19.4. The lowest BCUT2D eigenvalue weighted by Crippen LogP contribution is -2.37. The number of H-pyrrole nitrogens is 1. The molecule has 1 aliphatic heterocycles. The predicted octanol–water partition coefficient (Wildman–Crippen LogP) is 2.45. The van der Waals surface area contributed by atoms with E-state index in [-0.39, 0.29) is 12.3 Å². The summed E-state index contributed by atoms with van der Waals surface area (Å²) in [6.45, 7) is 1.06. The number of benzene rings is 1. The Bertz CT molecular complexity index is 1430. The summed E-state index contributed by atoms with van der Waals surface area (Å²) in [6.07, 6.45) is 7.65. The lowest BCUT2D eigenvalue weighted by molar-refractivity contribution is -0.131. The van der Waals surface area contributed by atoms with Crippen LogP contribution in [0.25, 0.3) is 11.5 Å². The molecule has 36 heavy (non-hydrogen) atoms. The molecule has 0 fully saturated rings. The van der Waals surface area contributed by atoms with E-state index in [0.717, 1.165) is 54.9 Å². The third-order valence-corrected chi connectivity index (χ3v) is 7.56. The Morgan fingerprint density at radius 2 is 1.86 bits per heavy atom. The van der Waals surface area contributed by atoms with Crippen molar-refractivity contribution in [2.24, 2.45) is 0 Å². The van der Waals surface area contributed by atoms with Gasteiger partial charge in [0, 0.05) is 25.2 Å². The van der Waals surface area contributed by atoms with Crippen LogP contribution < -0.4 is 5.32 Å². The molecule has 0 saturated carbocycles. The van der Waals surface area contributed by atoms with Gasteiger partial charge in [0.2, 0.25) is 17.7 Å². The highest BCUT2D eigenvalue weighted by Crippen LogP contribution is 2.36. The lowest BCUT2D eigenvalue weighted by Gasteiger charge is -2.24. The maximum absolute atomic E-state index is 12.8. The van der Waals surface area contributed by atoms with Crippen LogP contribution in [0.5, 0.6) is 0 Å². The van der Waals surface area contributed by atoms with Gasteiger partial charge in [-0.15, -0.1) is 10.2 Å². The molecule has 7 rings (SSSR count). The number of anilines is 1. The molecule has 0 radical (unpaired) electrons. The first kappa shape index (κ1) is 21.2. The molecule has 0 atom stereocenters. The number of aromatic nitrogens is 6. The van der Waals surface area contributed by atoms with Gasteiger partial charge in [0.05, 0.1) is 17.8 Å². The lowest BCUT2D eigenvalue weighted by atomic mass is 10.1. The van der Waals surface area contributed by atoms with E-state index in [1.807, 2.05) is 6.20 Å². The van der Waals surface area contributed by atoms with Gasteiger partial charge in [-0.3, -0.25) is 4.79 Å². The van der Waals surface area contributed by atoms with E-state index >= 15 is 0 Å². The van der Waals surface area contributed by atoms with Crippen LogP contribution >= 0.6 is 0 Å². The van der Waals surface area contributed by atoms with E-state index in [1.54, 1.807) is 4.90 Å². The second kappa shape index (κ2) is 8.54. The van der Waals surface area contributed by atoms with Crippen LogP contribution in [0.2, 0.25) is 0 Å². The summed E-state index contributed by atoms with van der Waals surface area (Å²) in [5.74, 6) is 1.66. The summed E-state index contributed by atoms with van der Waals surface area (Å²) < 4.78 is 5.96. The second-order valence-corrected chi connectivity index (χ2v) is 9.81. The van der Waals surface area contributed by atoms with Crippen molar-refractivity contribution < 1.29 is 9.21 Å². The molecular weight excluding hydrogens is 456 g/mol. The highest BCUT2D eigenvalue weighted by molar-refractivity contribution is 5.78. The standard InChI is InChI=1S/C26H26N8O2/c35-24(34-9-8-21-22(14-34)30-33-29-21)12-23-31-32-26(36-23)20-13-27-25(19-7-3-6-18(19)20)28-17-10-15-4-1-2-5-16(15)11-17/h1-2,4-5,13,17H,3,6-12,14H2,(H,27,28)(H,29,30,33). The fourth-order valence-corrected chi connectivity index (χ4v) is 5.74. The van der Waals surface area contributed by atoms with Gasteiger partial charge in [-0.2, -0.15) is 15.4 Å². The summed E-state index contributed by atoms with van der Waals surface area (Å²) in [5, 5.41) is 23.0. The quantitative estimate of drug-likeness (QED) is 0.444. The van der Waals surface area contributed by atoms with Crippen molar-refractivity contribution in [3.05, 3.63) is 70.0 Å². The number of amides is 1. The third-order valence-electron chi connectivity index (χ3n) is 7.56. The van der Waals surface area contributed by atoms with Crippen LogP contribution in [-0.4, -0.2) is 54.0 Å². The van der Waals surface area contributed by atoms with E-state index in [4.69, 9.17) is 9.40 Å². The highest BCUT2D eigenvalue weighted by atomic mass is 16.4. The monoisotopic (exact) mass is 482 g/mol. The normalized spacial score (nSPS) is 16.6. The first-order chi connectivity index (χ1) is 17.7. The Labute approximate surface area is 207 Å². The van der Waals surface area contributed by atoms with Crippen molar-refractivity contribution in [2.75, 3.05) is 11.9 Å². The number of nitrogens with zero attached hydrogens (tertiary/aromatic N) is 6. The number of pyridine rings is 1. The van der Waals surface area contributed by atoms with Crippen LogP contribution in [0.1, 0.15) is 46.0 Å². The molecule has 0 saturated heterocycles. The van der Waals surface area contributed by atoms with Gasteiger partial charge in [0.25, 0.3) is 0 Å². The van der Waals surface area contributed by atoms with Crippen LogP contribution in [0.3, 0.4) is 0 Å². The van der Waals surface area contributed by atoms with Crippen molar-refractivity contribution in [2.45, 2.75) is 57.5 Å². The number of hydrogen-bond donors (Lipinski definition) is 2. The largest absolute Gasteiger partial charge is 0.420 e. The molecule has 0 bridgehead atoms. The van der Waals surface area contributed by atoms with E-state index in [9.17, 15) is 4.79 Å². The van der Waals surface area contributed by atoms with E-state index in [0.29, 0.717) is 37.3 Å². The zero-order valence-electron chi connectivity index (χ0n) is 19.8. The van der Waals surface area contributed by atoms with Crippen LogP contribution in [-0.2, 0) is 49.9 Å². The Balaban J connectivity index is 1.07. The van der Waals surface area contributed by atoms with E-state index in [1.165, 1.54) is 22.3 Å². The van der Waals surface area contributed by atoms with E-state index in [2.05, 4.69) is 55.2 Å². The minimum Gasteiger partial charge on any atom is -0.420 e. The molecule has 10 nitrogen and oxygen atoms in total. The van der Waals surface area contributed by atoms with Gasteiger partial charge in [-0.25, -0.2) is 4.98 Å². The molecule has 10 heteroatoms. The van der Waals surface area contributed by atoms with Crippen molar-refractivity contribution >= 4 is 11.7 Å². The topological polar surface area (TPSA) is 126 Å². The van der Waals surface area contributed by atoms with Crippen molar-refractivity contribution in [1.29, 1.82) is 0 Å². The number of carbonyl (C=O) groups excluding carboxylic acids is 1. The molecule has 2 aliphatic carbocycles. The molecular formula is C26H26N8O2. The molecule has 1 amide bonds. The average Bonchev–Trinajstić information content (AvgIpc) is 3.69. The third kappa shape index (κ3) is 3.73. The van der Waals surface area contributed by atoms with E-state index < -0.39 is 0 Å². The maximum atomic E-state index is 12.8. The van der Waals surface area contributed by atoms with Crippen molar-refractivity contribution in [3.8, 4) is 11.5 Å². The fourth-order valence-electron chi connectivity index (χ4n) is 5.74. The van der Waals surface area contributed by atoms with Gasteiger partial charge in [-0.1, -0.05) is 24.3 Å². The Morgan fingerprint density at radius 1 is 1.06 bits per heavy atom. The van der Waals surface area contributed by atoms with Gasteiger partial charge in [-0.05, 0) is 54.4 Å². The summed E-state index contributed by atoms with van der Waals surface area (Å²) >= 11 is 0. The molecule has 1 aromatic carbocycles. The second-order valence-electron chi connectivity index (χ2n) is 9.81. The van der Waals surface area contributed by atoms with Gasteiger partial charge in [0.1, 0.15) is 17.9 Å². The van der Waals surface area contributed by atoms with Crippen LogP contribution in [0, 0.1) is 0 Å². The van der Waals surface area contributed by atoms with Gasteiger partial charge >= 0.3 is 0 Å². The molecule has 0 spiro atoms. The number of rotatable bonds is 5.